The van der Waals surface area contributed by atoms with Crippen LogP contribution in [0.2, 0.25) is 0 Å². The summed E-state index contributed by atoms with van der Waals surface area (Å²) < 4.78 is 22.7. The van der Waals surface area contributed by atoms with E-state index in [-0.39, 0.29) is 11.7 Å². The van der Waals surface area contributed by atoms with Crippen LogP contribution in [-0.4, -0.2) is 44.5 Å². The van der Waals surface area contributed by atoms with Crippen LogP contribution in [-0.2, 0) is 9.84 Å². The lowest BCUT2D eigenvalue weighted by Gasteiger charge is -2.18. The van der Waals surface area contributed by atoms with E-state index in [1.165, 1.54) is 0 Å². The van der Waals surface area contributed by atoms with Crippen LogP contribution in [0.25, 0.3) is 0 Å². The number of aliphatic imine (C=N–C) groups is 1. The van der Waals surface area contributed by atoms with E-state index >= 15 is 0 Å². The van der Waals surface area contributed by atoms with Gasteiger partial charge in [-0.1, -0.05) is 0 Å². The molecule has 0 aromatic carbocycles. The maximum atomic E-state index is 11.4. The van der Waals surface area contributed by atoms with Crippen LogP contribution in [0.4, 0.5) is 0 Å². The Kier molecular flexibility index (Phi) is 5.44. The fourth-order valence-corrected chi connectivity index (χ4v) is 3.77. The summed E-state index contributed by atoms with van der Waals surface area (Å²) in [7, 11) is -2.80. The molecule has 0 aromatic heterocycles. The highest BCUT2D eigenvalue weighted by Crippen LogP contribution is 2.18. The lowest BCUT2D eigenvalue weighted by atomic mass is 10.1. The maximum Gasteiger partial charge on any atom is 0.191 e. The van der Waals surface area contributed by atoms with Crippen molar-refractivity contribution in [1.29, 1.82) is 0 Å². The molecule has 1 unspecified atom stereocenters. The summed E-state index contributed by atoms with van der Waals surface area (Å²) in [4.78, 5) is 4.48. The molecule has 1 aliphatic heterocycles. The third-order valence-corrected chi connectivity index (χ3v) is 4.52. The molecule has 0 aliphatic carbocycles. The predicted octanol–water partition coefficient (Wildman–Crippen LogP) is 0.773. The predicted molar refractivity (Wildman–Crippen MR) is 75.6 cm³/mol. The number of nitrogens with one attached hydrogen (secondary N) is 2. The van der Waals surface area contributed by atoms with Gasteiger partial charge in [-0.15, -0.1) is 0 Å². The number of sulfone groups is 1. The number of hydrogen-bond acceptors (Lipinski definition) is 3. The first-order valence-electron chi connectivity index (χ1n) is 6.56. The molecule has 1 aliphatic rings. The van der Waals surface area contributed by atoms with Gasteiger partial charge in [-0.3, -0.25) is 4.99 Å². The van der Waals surface area contributed by atoms with E-state index in [2.05, 4.69) is 43.3 Å². The average Bonchev–Trinajstić information content (AvgIpc) is 2.53. The van der Waals surface area contributed by atoms with Gasteiger partial charge in [0.1, 0.15) is 0 Å². The summed E-state index contributed by atoms with van der Waals surface area (Å²) in [6, 6.07) is 0.615. The minimum atomic E-state index is -2.80. The van der Waals surface area contributed by atoms with Gasteiger partial charge in [-0.25, -0.2) is 8.42 Å². The van der Waals surface area contributed by atoms with Gasteiger partial charge in [0, 0.05) is 18.6 Å². The van der Waals surface area contributed by atoms with Gasteiger partial charge >= 0.3 is 0 Å². The largest absolute Gasteiger partial charge is 0.354 e. The Bertz CT molecular complexity index is 376. The molecule has 0 bridgehead atoms. The quantitative estimate of drug-likeness (QED) is 0.587. The second-order valence-corrected chi connectivity index (χ2v) is 7.79. The van der Waals surface area contributed by atoms with Crippen molar-refractivity contribution in [2.75, 3.05) is 18.1 Å². The molecule has 5 nitrogen and oxygen atoms in total. The molecule has 0 spiro atoms. The van der Waals surface area contributed by atoms with Crippen LogP contribution in [0.3, 0.4) is 0 Å². The fraction of sp³-hybridized carbons (Fsp3) is 0.917. The second-order valence-electron chi connectivity index (χ2n) is 5.56. The zero-order valence-corrected chi connectivity index (χ0v) is 12.5. The molecule has 1 heterocycles. The summed E-state index contributed by atoms with van der Waals surface area (Å²) in [6.45, 7) is 8.79. The number of nitrogens with zero attached hydrogens (tertiary/aromatic N) is 1. The van der Waals surface area contributed by atoms with Gasteiger partial charge < -0.3 is 10.6 Å². The fourth-order valence-electron chi connectivity index (χ4n) is 1.92. The molecular formula is C12H25N3O2S. The topological polar surface area (TPSA) is 70.6 Å². The van der Waals surface area contributed by atoms with Crippen LogP contribution in [0, 0.1) is 5.92 Å². The van der Waals surface area contributed by atoms with Gasteiger partial charge in [-0.2, -0.15) is 0 Å². The number of rotatable bonds is 4. The summed E-state index contributed by atoms with van der Waals surface area (Å²) in [6.07, 6.45) is 0.739. The molecule has 6 heteroatoms. The molecule has 1 atom stereocenters. The zero-order valence-electron chi connectivity index (χ0n) is 11.7. The van der Waals surface area contributed by atoms with Crippen molar-refractivity contribution in [1.82, 2.24) is 10.6 Å². The van der Waals surface area contributed by atoms with Crippen molar-refractivity contribution >= 4 is 15.8 Å². The van der Waals surface area contributed by atoms with Gasteiger partial charge in [0.05, 0.1) is 11.5 Å². The summed E-state index contributed by atoms with van der Waals surface area (Å²) >= 11 is 0. The van der Waals surface area contributed by atoms with E-state index in [0.717, 1.165) is 12.4 Å². The minimum absolute atomic E-state index is 0.174. The first-order valence-corrected chi connectivity index (χ1v) is 8.38. The van der Waals surface area contributed by atoms with Crippen molar-refractivity contribution in [2.45, 2.75) is 46.2 Å². The smallest absolute Gasteiger partial charge is 0.191 e. The van der Waals surface area contributed by atoms with E-state index in [1.54, 1.807) is 0 Å². The number of hydrogen-bond donors (Lipinski definition) is 2. The molecule has 0 amide bonds. The standard InChI is InChI=1S/C12H25N3O2S/c1-9(2)14-12(15-10(3)4)13-7-11-5-6-18(16,17)8-11/h9-11H,5-8H2,1-4H3,(H2,13,14,15). The third kappa shape index (κ3) is 5.71. The second kappa shape index (κ2) is 6.41. The first-order chi connectivity index (χ1) is 8.28. The number of guanidine groups is 1. The van der Waals surface area contributed by atoms with Gasteiger partial charge in [0.2, 0.25) is 0 Å². The van der Waals surface area contributed by atoms with Crippen LogP contribution in [0.15, 0.2) is 4.99 Å². The molecule has 1 fully saturated rings. The Hall–Kier alpha value is -0.780. The Balaban J connectivity index is 2.54. The monoisotopic (exact) mass is 275 g/mol. The third-order valence-electron chi connectivity index (χ3n) is 2.69. The lowest BCUT2D eigenvalue weighted by Crippen LogP contribution is -2.44. The summed E-state index contributed by atoms with van der Waals surface area (Å²) in [5.74, 6) is 1.54. The van der Waals surface area contributed by atoms with Crippen molar-refractivity contribution < 1.29 is 8.42 Å². The molecule has 18 heavy (non-hydrogen) atoms. The van der Waals surface area contributed by atoms with Crippen LogP contribution in [0.5, 0.6) is 0 Å². The van der Waals surface area contributed by atoms with Gasteiger partial charge in [0.25, 0.3) is 0 Å². The molecule has 0 aromatic rings. The molecule has 2 N–H and O–H groups in total. The molecule has 1 saturated heterocycles. The van der Waals surface area contributed by atoms with Gasteiger partial charge in [0.15, 0.2) is 15.8 Å². The normalized spacial score (nSPS) is 22.2. The lowest BCUT2D eigenvalue weighted by molar-refractivity contribution is 0.585. The Morgan fingerprint density at radius 3 is 2.17 bits per heavy atom. The molecular weight excluding hydrogens is 250 g/mol. The Labute approximate surface area is 110 Å². The van der Waals surface area contributed by atoms with Crippen LogP contribution >= 0.6 is 0 Å². The van der Waals surface area contributed by atoms with Crippen molar-refractivity contribution in [2.24, 2.45) is 10.9 Å². The van der Waals surface area contributed by atoms with Crippen LogP contribution < -0.4 is 10.6 Å². The average molecular weight is 275 g/mol. The SMILES string of the molecule is CC(C)NC(=NCC1CCS(=O)(=O)C1)NC(C)C. The van der Waals surface area contributed by atoms with Crippen molar-refractivity contribution in [3.63, 3.8) is 0 Å². The van der Waals surface area contributed by atoms with E-state index in [0.29, 0.717) is 24.4 Å². The zero-order chi connectivity index (χ0) is 13.8. The van der Waals surface area contributed by atoms with Crippen molar-refractivity contribution in [3.8, 4) is 0 Å². The van der Waals surface area contributed by atoms with Crippen LogP contribution in [0.1, 0.15) is 34.1 Å². The minimum Gasteiger partial charge on any atom is -0.354 e. The Morgan fingerprint density at radius 2 is 1.78 bits per heavy atom. The summed E-state index contributed by atoms with van der Waals surface area (Å²) in [5, 5.41) is 6.49. The molecule has 106 valence electrons. The highest BCUT2D eigenvalue weighted by atomic mass is 32.2. The Morgan fingerprint density at radius 1 is 1.22 bits per heavy atom. The van der Waals surface area contributed by atoms with Gasteiger partial charge in [-0.05, 0) is 40.0 Å². The molecule has 1 rings (SSSR count). The highest BCUT2D eigenvalue weighted by Gasteiger charge is 2.27. The van der Waals surface area contributed by atoms with E-state index in [1.807, 2.05) is 0 Å². The van der Waals surface area contributed by atoms with E-state index < -0.39 is 9.84 Å². The molecule has 0 saturated carbocycles. The van der Waals surface area contributed by atoms with Crippen molar-refractivity contribution in [3.05, 3.63) is 0 Å². The van der Waals surface area contributed by atoms with E-state index in [4.69, 9.17) is 0 Å². The maximum absolute atomic E-state index is 11.4. The highest BCUT2D eigenvalue weighted by molar-refractivity contribution is 7.91. The molecule has 0 radical (unpaired) electrons. The first kappa shape index (κ1) is 15.3. The summed E-state index contributed by atoms with van der Waals surface area (Å²) in [5.41, 5.74) is 0. The van der Waals surface area contributed by atoms with E-state index in [9.17, 15) is 8.42 Å².